The Balaban J connectivity index is 1.65. The standard InChI is InChI=1S/C19H25N3O3/c1-19(2,3)18(23)20-9-15-10-22-11-16(21-17(22)12-25-15)13-5-7-14(24-4)8-6-13/h5-8,11,15H,9-10,12H2,1-4H3,(H,20,23)/t15-/m0/s1. The monoisotopic (exact) mass is 343 g/mol. The van der Waals surface area contributed by atoms with Crippen LogP contribution in [0.1, 0.15) is 26.6 Å². The number of nitrogens with one attached hydrogen (secondary N) is 1. The summed E-state index contributed by atoms with van der Waals surface area (Å²) in [5, 5.41) is 2.96. The molecule has 0 saturated carbocycles. The molecule has 1 aliphatic heterocycles. The van der Waals surface area contributed by atoms with Gasteiger partial charge in [0.1, 0.15) is 18.2 Å². The fourth-order valence-corrected chi connectivity index (χ4v) is 2.69. The average molecular weight is 343 g/mol. The zero-order valence-electron chi connectivity index (χ0n) is 15.2. The van der Waals surface area contributed by atoms with Crippen LogP contribution in [0.15, 0.2) is 30.5 Å². The number of fused-ring (bicyclic) bond motifs is 1. The maximum atomic E-state index is 12.0. The molecular formula is C19H25N3O3. The zero-order valence-corrected chi connectivity index (χ0v) is 15.2. The molecule has 25 heavy (non-hydrogen) atoms. The van der Waals surface area contributed by atoms with E-state index in [1.165, 1.54) is 0 Å². The number of benzene rings is 1. The van der Waals surface area contributed by atoms with Gasteiger partial charge in [-0.2, -0.15) is 0 Å². The summed E-state index contributed by atoms with van der Waals surface area (Å²) in [6.45, 7) is 7.35. The lowest BCUT2D eigenvalue weighted by Crippen LogP contribution is -2.42. The van der Waals surface area contributed by atoms with Crippen LogP contribution in [0.2, 0.25) is 0 Å². The number of carbonyl (C=O) groups excluding carboxylic acids is 1. The number of aromatic nitrogens is 2. The smallest absolute Gasteiger partial charge is 0.225 e. The summed E-state index contributed by atoms with van der Waals surface area (Å²) in [4.78, 5) is 16.7. The van der Waals surface area contributed by atoms with Gasteiger partial charge in [0, 0.05) is 23.7 Å². The predicted molar refractivity (Wildman–Crippen MR) is 95.3 cm³/mol. The maximum Gasteiger partial charge on any atom is 0.225 e. The Kier molecular flexibility index (Phi) is 4.81. The molecule has 0 unspecified atom stereocenters. The number of nitrogens with zero attached hydrogens (tertiary/aromatic N) is 2. The van der Waals surface area contributed by atoms with Crippen LogP contribution in [0.5, 0.6) is 5.75 Å². The first-order chi connectivity index (χ1) is 11.9. The van der Waals surface area contributed by atoms with Gasteiger partial charge >= 0.3 is 0 Å². The van der Waals surface area contributed by atoms with Gasteiger partial charge in [0.2, 0.25) is 5.91 Å². The van der Waals surface area contributed by atoms with Crippen molar-refractivity contribution >= 4 is 5.91 Å². The molecule has 2 aromatic rings. The minimum absolute atomic E-state index is 0.0337. The van der Waals surface area contributed by atoms with E-state index in [9.17, 15) is 4.79 Å². The van der Waals surface area contributed by atoms with Crippen molar-refractivity contribution in [1.82, 2.24) is 14.9 Å². The molecule has 1 amide bonds. The molecule has 0 aliphatic carbocycles. The van der Waals surface area contributed by atoms with E-state index < -0.39 is 5.41 Å². The van der Waals surface area contributed by atoms with Crippen molar-refractivity contribution in [3.05, 3.63) is 36.3 Å². The molecule has 3 rings (SSSR count). The van der Waals surface area contributed by atoms with E-state index in [2.05, 4.69) is 14.9 Å². The average Bonchev–Trinajstić information content (AvgIpc) is 3.02. The first-order valence-corrected chi connectivity index (χ1v) is 8.47. The third-order valence-electron chi connectivity index (χ3n) is 4.26. The maximum absolute atomic E-state index is 12.0. The van der Waals surface area contributed by atoms with Gasteiger partial charge in [0.25, 0.3) is 0 Å². The van der Waals surface area contributed by atoms with Crippen LogP contribution in [0.3, 0.4) is 0 Å². The minimum atomic E-state index is -0.392. The first-order valence-electron chi connectivity index (χ1n) is 8.47. The highest BCUT2D eigenvalue weighted by Crippen LogP contribution is 2.24. The SMILES string of the molecule is COc1ccc(-c2cn3c(n2)CO[C@@H](CNC(=O)C(C)(C)C)C3)cc1. The number of imidazole rings is 1. The lowest BCUT2D eigenvalue weighted by Gasteiger charge is -2.26. The molecule has 2 heterocycles. The van der Waals surface area contributed by atoms with Crippen LogP contribution >= 0.6 is 0 Å². The summed E-state index contributed by atoms with van der Waals surface area (Å²) in [7, 11) is 1.65. The molecule has 1 atom stereocenters. The van der Waals surface area contributed by atoms with Gasteiger partial charge in [-0.25, -0.2) is 4.98 Å². The van der Waals surface area contributed by atoms with E-state index in [0.29, 0.717) is 19.7 Å². The van der Waals surface area contributed by atoms with Crippen LogP contribution in [-0.2, 0) is 22.7 Å². The molecule has 1 aliphatic rings. The van der Waals surface area contributed by atoms with Gasteiger partial charge in [-0.1, -0.05) is 20.8 Å². The Morgan fingerprint density at radius 3 is 2.72 bits per heavy atom. The van der Waals surface area contributed by atoms with Crippen LogP contribution in [0.4, 0.5) is 0 Å². The Morgan fingerprint density at radius 1 is 1.36 bits per heavy atom. The van der Waals surface area contributed by atoms with Crippen LogP contribution in [0, 0.1) is 5.41 Å². The van der Waals surface area contributed by atoms with Gasteiger partial charge in [0.15, 0.2) is 0 Å². The lowest BCUT2D eigenvalue weighted by atomic mass is 9.96. The quantitative estimate of drug-likeness (QED) is 0.927. The molecule has 0 saturated heterocycles. The molecule has 0 spiro atoms. The van der Waals surface area contributed by atoms with Crippen molar-refractivity contribution < 1.29 is 14.3 Å². The zero-order chi connectivity index (χ0) is 18.0. The summed E-state index contributed by atoms with van der Waals surface area (Å²) >= 11 is 0. The molecule has 0 fully saturated rings. The molecule has 6 heteroatoms. The van der Waals surface area contributed by atoms with Crippen molar-refractivity contribution in [2.75, 3.05) is 13.7 Å². The second-order valence-electron chi connectivity index (χ2n) is 7.32. The van der Waals surface area contributed by atoms with Crippen LogP contribution in [0.25, 0.3) is 11.3 Å². The number of ether oxygens (including phenoxy) is 2. The topological polar surface area (TPSA) is 65.4 Å². The normalized spacial score (nSPS) is 17.0. The second-order valence-corrected chi connectivity index (χ2v) is 7.32. The molecule has 1 aromatic carbocycles. The molecule has 1 aromatic heterocycles. The minimum Gasteiger partial charge on any atom is -0.497 e. The Hall–Kier alpha value is -2.34. The number of methoxy groups -OCH3 is 1. The van der Waals surface area contributed by atoms with Crippen LogP contribution < -0.4 is 10.1 Å². The van der Waals surface area contributed by atoms with Gasteiger partial charge in [-0.3, -0.25) is 4.79 Å². The Bertz CT molecular complexity index is 744. The number of amides is 1. The van der Waals surface area contributed by atoms with E-state index >= 15 is 0 Å². The molecule has 1 N–H and O–H groups in total. The Morgan fingerprint density at radius 2 is 2.08 bits per heavy atom. The summed E-state index contributed by atoms with van der Waals surface area (Å²) in [5.74, 6) is 1.77. The van der Waals surface area contributed by atoms with E-state index in [1.807, 2.05) is 51.2 Å². The van der Waals surface area contributed by atoms with Gasteiger partial charge in [0.05, 0.1) is 25.5 Å². The van der Waals surface area contributed by atoms with E-state index in [0.717, 1.165) is 22.8 Å². The lowest BCUT2D eigenvalue weighted by molar-refractivity contribution is -0.129. The highest BCUT2D eigenvalue weighted by Gasteiger charge is 2.25. The van der Waals surface area contributed by atoms with Crippen molar-refractivity contribution in [3.8, 4) is 17.0 Å². The summed E-state index contributed by atoms with van der Waals surface area (Å²) < 4.78 is 13.1. The van der Waals surface area contributed by atoms with Crippen molar-refractivity contribution in [2.24, 2.45) is 5.41 Å². The highest BCUT2D eigenvalue weighted by molar-refractivity contribution is 5.81. The van der Waals surface area contributed by atoms with E-state index in [4.69, 9.17) is 9.47 Å². The summed E-state index contributed by atoms with van der Waals surface area (Å²) in [6.07, 6.45) is 2.00. The molecular weight excluding hydrogens is 318 g/mol. The van der Waals surface area contributed by atoms with Crippen molar-refractivity contribution in [3.63, 3.8) is 0 Å². The molecule has 0 bridgehead atoms. The summed E-state index contributed by atoms with van der Waals surface area (Å²) in [5.41, 5.74) is 1.57. The first kappa shape index (κ1) is 17.5. The highest BCUT2D eigenvalue weighted by atomic mass is 16.5. The van der Waals surface area contributed by atoms with Crippen molar-refractivity contribution in [2.45, 2.75) is 40.0 Å². The van der Waals surface area contributed by atoms with Gasteiger partial charge in [-0.15, -0.1) is 0 Å². The number of hydrogen-bond acceptors (Lipinski definition) is 4. The summed E-state index contributed by atoms with van der Waals surface area (Å²) in [6, 6.07) is 7.84. The molecule has 134 valence electrons. The number of carbonyl (C=O) groups is 1. The molecule has 6 nitrogen and oxygen atoms in total. The number of hydrogen-bond donors (Lipinski definition) is 1. The fourth-order valence-electron chi connectivity index (χ4n) is 2.69. The van der Waals surface area contributed by atoms with Gasteiger partial charge < -0.3 is 19.4 Å². The van der Waals surface area contributed by atoms with Gasteiger partial charge in [-0.05, 0) is 24.3 Å². The number of rotatable bonds is 4. The second kappa shape index (κ2) is 6.88. The third kappa shape index (κ3) is 4.02. The Labute approximate surface area is 148 Å². The van der Waals surface area contributed by atoms with Crippen LogP contribution in [-0.4, -0.2) is 35.2 Å². The van der Waals surface area contributed by atoms with E-state index in [-0.39, 0.29) is 12.0 Å². The van der Waals surface area contributed by atoms with E-state index in [1.54, 1.807) is 7.11 Å². The predicted octanol–water partition coefficient (Wildman–Crippen LogP) is 2.62. The third-order valence-corrected chi connectivity index (χ3v) is 4.26. The van der Waals surface area contributed by atoms with Crippen molar-refractivity contribution in [1.29, 1.82) is 0 Å². The largest absolute Gasteiger partial charge is 0.497 e. The fraction of sp³-hybridized carbons (Fsp3) is 0.474. The molecule has 0 radical (unpaired) electrons.